The molecule has 5 rings (SSSR count). The van der Waals surface area contributed by atoms with Gasteiger partial charge in [-0.2, -0.15) is 0 Å². The van der Waals surface area contributed by atoms with Gasteiger partial charge in [0.15, 0.2) is 0 Å². The van der Waals surface area contributed by atoms with Crippen molar-refractivity contribution >= 4 is 26.3 Å². The van der Waals surface area contributed by atoms with Crippen molar-refractivity contribution in [3.05, 3.63) is 11.9 Å². The van der Waals surface area contributed by atoms with E-state index in [1.165, 1.54) is 38.5 Å². The van der Waals surface area contributed by atoms with Crippen molar-refractivity contribution in [2.45, 2.75) is 48.8 Å². The fraction of sp³-hybridized carbons (Fsp3) is 0.733. The molecule has 2 heterocycles. The van der Waals surface area contributed by atoms with E-state index >= 15 is 0 Å². The third-order valence-electron chi connectivity index (χ3n) is 6.15. The maximum absolute atomic E-state index is 11.4. The molecule has 0 saturated heterocycles. The van der Waals surface area contributed by atoms with Gasteiger partial charge in [0.2, 0.25) is 9.30 Å². The van der Waals surface area contributed by atoms with E-state index in [4.69, 9.17) is 5.14 Å². The van der Waals surface area contributed by atoms with Gasteiger partial charge in [-0.05, 0) is 62.2 Å². The number of aromatic nitrogens is 3. The SMILES string of the molecule is NS(=O)(=O)c1nn2cc(C3CC4CC5CC(C4)C(C5)C3)nc2s1. The topological polar surface area (TPSA) is 90.4 Å². The molecule has 2 aromatic heterocycles. The van der Waals surface area contributed by atoms with Gasteiger partial charge in [-0.25, -0.2) is 23.1 Å². The summed E-state index contributed by atoms with van der Waals surface area (Å²) in [6.07, 6.45) is 10.1. The number of hydrogen-bond donors (Lipinski definition) is 1. The molecule has 5 atom stereocenters. The van der Waals surface area contributed by atoms with E-state index in [1.54, 1.807) is 4.52 Å². The molecule has 0 radical (unpaired) electrons. The van der Waals surface area contributed by atoms with Crippen molar-refractivity contribution in [2.24, 2.45) is 28.8 Å². The minimum absolute atomic E-state index is 0.0647. The molecule has 0 aliphatic heterocycles. The zero-order valence-electron chi connectivity index (χ0n) is 12.8. The molecule has 0 aromatic carbocycles. The highest BCUT2D eigenvalue weighted by molar-refractivity contribution is 7.91. The first kappa shape index (κ1) is 14.4. The molecular formula is C15H20N4O2S2. The number of imidazole rings is 1. The summed E-state index contributed by atoms with van der Waals surface area (Å²) < 4.78 is 24.3. The average Bonchev–Trinajstić information content (AvgIpc) is 3.06. The Kier molecular flexibility index (Phi) is 2.98. The lowest BCUT2D eigenvalue weighted by Crippen LogP contribution is -2.16. The van der Waals surface area contributed by atoms with E-state index in [-0.39, 0.29) is 4.34 Å². The van der Waals surface area contributed by atoms with E-state index in [9.17, 15) is 8.42 Å². The van der Waals surface area contributed by atoms with Crippen LogP contribution < -0.4 is 5.14 Å². The van der Waals surface area contributed by atoms with Crippen molar-refractivity contribution < 1.29 is 8.42 Å². The summed E-state index contributed by atoms with van der Waals surface area (Å²) in [6.45, 7) is 0. The summed E-state index contributed by atoms with van der Waals surface area (Å²) in [7, 11) is -3.75. The first-order chi connectivity index (χ1) is 11.0. The summed E-state index contributed by atoms with van der Waals surface area (Å²) in [5, 5.41) is 9.22. The molecule has 3 aliphatic rings. The normalized spacial score (nSPS) is 36.7. The number of primary sulfonamides is 1. The second-order valence-electron chi connectivity index (χ2n) is 7.67. The zero-order valence-corrected chi connectivity index (χ0v) is 14.4. The van der Waals surface area contributed by atoms with E-state index in [0.717, 1.165) is 40.7 Å². The van der Waals surface area contributed by atoms with Crippen LogP contribution in [0.5, 0.6) is 0 Å². The van der Waals surface area contributed by atoms with Crippen LogP contribution in [0.3, 0.4) is 0 Å². The van der Waals surface area contributed by atoms with E-state index in [1.807, 2.05) is 6.20 Å². The molecule has 0 amide bonds. The van der Waals surface area contributed by atoms with Gasteiger partial charge in [-0.15, -0.1) is 5.10 Å². The Morgan fingerprint density at radius 2 is 1.78 bits per heavy atom. The summed E-state index contributed by atoms with van der Waals surface area (Å²) in [6, 6.07) is 0. The van der Waals surface area contributed by atoms with E-state index < -0.39 is 10.0 Å². The van der Waals surface area contributed by atoms with Gasteiger partial charge in [0.1, 0.15) is 0 Å². The van der Waals surface area contributed by atoms with Gasteiger partial charge in [-0.1, -0.05) is 11.3 Å². The highest BCUT2D eigenvalue weighted by Gasteiger charge is 2.45. The van der Waals surface area contributed by atoms with Gasteiger partial charge in [0.05, 0.1) is 11.9 Å². The summed E-state index contributed by atoms with van der Waals surface area (Å²) in [5.41, 5.74) is 1.08. The minimum Gasteiger partial charge on any atom is -0.223 e. The van der Waals surface area contributed by atoms with Crippen LogP contribution >= 0.6 is 11.3 Å². The minimum atomic E-state index is -3.75. The third kappa shape index (κ3) is 2.34. The van der Waals surface area contributed by atoms with Gasteiger partial charge in [0, 0.05) is 5.92 Å². The largest absolute Gasteiger partial charge is 0.267 e. The van der Waals surface area contributed by atoms with Gasteiger partial charge >= 0.3 is 0 Å². The maximum Gasteiger partial charge on any atom is 0.267 e. The lowest BCUT2D eigenvalue weighted by Gasteiger charge is -2.28. The Morgan fingerprint density at radius 1 is 1.09 bits per heavy atom. The lowest BCUT2D eigenvalue weighted by molar-refractivity contribution is 0.249. The molecule has 3 saturated carbocycles. The fourth-order valence-corrected chi connectivity index (χ4v) is 6.92. The second-order valence-corrected chi connectivity index (χ2v) is 10.4. The maximum atomic E-state index is 11.4. The Balaban J connectivity index is 1.47. The predicted molar refractivity (Wildman–Crippen MR) is 86.6 cm³/mol. The van der Waals surface area contributed by atoms with Crippen molar-refractivity contribution in [1.82, 2.24) is 14.6 Å². The molecule has 124 valence electrons. The molecular weight excluding hydrogens is 332 g/mol. The van der Waals surface area contributed by atoms with Crippen molar-refractivity contribution in [1.29, 1.82) is 0 Å². The summed E-state index contributed by atoms with van der Waals surface area (Å²) in [4.78, 5) is 5.30. The van der Waals surface area contributed by atoms with Crippen LogP contribution in [0.2, 0.25) is 0 Å². The number of rotatable bonds is 2. The molecule has 0 spiro atoms. The van der Waals surface area contributed by atoms with Crippen molar-refractivity contribution in [3.63, 3.8) is 0 Å². The number of hydrogen-bond acceptors (Lipinski definition) is 5. The fourth-order valence-electron chi connectivity index (χ4n) is 5.41. The first-order valence-corrected chi connectivity index (χ1v) is 10.7. The Bertz CT molecular complexity index is 838. The molecule has 2 N–H and O–H groups in total. The monoisotopic (exact) mass is 352 g/mol. The zero-order chi connectivity index (χ0) is 15.8. The van der Waals surface area contributed by atoms with Crippen LogP contribution in [0.25, 0.3) is 4.96 Å². The summed E-state index contributed by atoms with van der Waals surface area (Å²) >= 11 is 1.05. The standard InChI is InChI=1S/C15H20N4O2S2/c16-23(20,21)15-18-19-7-13(17-14(19)22-15)12-5-9-1-8-2-10(3-9)11(4-8)6-12/h7-12H,1-6H2,(H2,16,20,21). The molecule has 2 aromatic rings. The molecule has 23 heavy (non-hydrogen) atoms. The van der Waals surface area contributed by atoms with Crippen LogP contribution in [0.4, 0.5) is 0 Å². The third-order valence-corrected chi connectivity index (χ3v) is 8.38. The number of nitrogens with zero attached hydrogens (tertiary/aromatic N) is 3. The number of sulfonamides is 1. The molecule has 3 fully saturated rings. The lowest BCUT2D eigenvalue weighted by atomic mass is 9.78. The molecule has 3 bridgehead atoms. The van der Waals surface area contributed by atoms with Crippen LogP contribution in [-0.2, 0) is 10.0 Å². The van der Waals surface area contributed by atoms with E-state index in [2.05, 4.69) is 10.1 Å². The van der Waals surface area contributed by atoms with Gasteiger partial charge in [-0.3, -0.25) is 0 Å². The molecule has 5 unspecified atom stereocenters. The number of nitrogens with two attached hydrogens (primary N) is 1. The van der Waals surface area contributed by atoms with Crippen molar-refractivity contribution in [2.75, 3.05) is 0 Å². The van der Waals surface area contributed by atoms with Crippen LogP contribution in [0, 0.1) is 23.7 Å². The smallest absolute Gasteiger partial charge is 0.223 e. The quantitative estimate of drug-likeness (QED) is 0.898. The number of fused-ring (bicyclic) bond motifs is 3. The average molecular weight is 352 g/mol. The van der Waals surface area contributed by atoms with Gasteiger partial charge in [0.25, 0.3) is 10.0 Å². The van der Waals surface area contributed by atoms with Crippen LogP contribution in [-0.4, -0.2) is 23.0 Å². The van der Waals surface area contributed by atoms with E-state index in [0.29, 0.717) is 10.9 Å². The molecule has 8 heteroatoms. The molecule has 3 aliphatic carbocycles. The second kappa shape index (κ2) is 4.77. The first-order valence-electron chi connectivity index (χ1n) is 8.34. The predicted octanol–water partition coefficient (Wildman–Crippen LogP) is 2.37. The Morgan fingerprint density at radius 3 is 2.48 bits per heavy atom. The van der Waals surface area contributed by atoms with Crippen LogP contribution in [0.15, 0.2) is 10.5 Å². The Labute approximate surface area is 139 Å². The molecule has 6 nitrogen and oxygen atoms in total. The Hall–Kier alpha value is -0.990. The van der Waals surface area contributed by atoms with Gasteiger partial charge < -0.3 is 0 Å². The summed E-state index contributed by atoms with van der Waals surface area (Å²) in [5.74, 6) is 4.14. The highest BCUT2D eigenvalue weighted by Crippen LogP contribution is 2.56. The van der Waals surface area contributed by atoms with Crippen LogP contribution in [0.1, 0.15) is 50.1 Å². The van der Waals surface area contributed by atoms with Crippen molar-refractivity contribution in [3.8, 4) is 0 Å². The highest BCUT2D eigenvalue weighted by atomic mass is 32.2.